The van der Waals surface area contributed by atoms with Gasteiger partial charge in [-0.3, -0.25) is 14.4 Å². The molecular weight excluding hydrogens is 296 g/mol. The second-order valence-corrected chi connectivity index (χ2v) is 6.16. The highest BCUT2D eigenvalue weighted by Gasteiger charge is 2.40. The summed E-state index contributed by atoms with van der Waals surface area (Å²) in [4.78, 5) is 38.4. The predicted octanol–water partition coefficient (Wildman–Crippen LogP) is -0.142. The van der Waals surface area contributed by atoms with E-state index < -0.39 is 17.9 Å². The molecule has 2 saturated heterocycles. The Morgan fingerprint density at radius 3 is 2.81 bits per heavy atom. The number of ether oxygens (including phenoxy) is 1. The number of hydrogen-bond donors (Lipinski definition) is 1. The number of nitrogens with zero attached hydrogens (tertiary/aromatic N) is 2. The highest BCUT2D eigenvalue weighted by Crippen LogP contribution is 2.22. The van der Waals surface area contributed by atoms with Crippen molar-refractivity contribution in [2.45, 2.75) is 19.4 Å². The summed E-state index contributed by atoms with van der Waals surface area (Å²) in [5.74, 6) is -0.945. The first-order chi connectivity index (χ1) is 10.0. The molecule has 0 spiro atoms. The SMILES string of the molecule is CCCN(C(=O)CN1CSCC1=O)C1COCC1C(=O)O. The number of carbonyl (C=O) groups is 3. The van der Waals surface area contributed by atoms with Gasteiger partial charge in [-0.1, -0.05) is 6.92 Å². The fourth-order valence-corrected chi connectivity index (χ4v) is 3.50. The summed E-state index contributed by atoms with van der Waals surface area (Å²) in [7, 11) is 0. The molecule has 2 atom stereocenters. The molecule has 0 aromatic carbocycles. The molecule has 2 aliphatic heterocycles. The highest BCUT2D eigenvalue weighted by atomic mass is 32.2. The van der Waals surface area contributed by atoms with Crippen LogP contribution < -0.4 is 0 Å². The molecule has 0 aliphatic carbocycles. The summed E-state index contributed by atoms with van der Waals surface area (Å²) in [5.41, 5.74) is 0. The van der Waals surface area contributed by atoms with E-state index in [2.05, 4.69) is 0 Å². The molecule has 0 aromatic rings. The second kappa shape index (κ2) is 7.13. The molecule has 118 valence electrons. The maximum absolute atomic E-state index is 12.5. The Bertz CT molecular complexity index is 431. The number of amides is 2. The third-order valence-corrected chi connectivity index (χ3v) is 4.65. The molecule has 2 heterocycles. The van der Waals surface area contributed by atoms with Crippen molar-refractivity contribution in [1.29, 1.82) is 0 Å². The zero-order valence-electron chi connectivity index (χ0n) is 12.0. The Morgan fingerprint density at radius 1 is 1.48 bits per heavy atom. The highest BCUT2D eigenvalue weighted by molar-refractivity contribution is 8.00. The van der Waals surface area contributed by atoms with Gasteiger partial charge < -0.3 is 19.6 Å². The summed E-state index contributed by atoms with van der Waals surface area (Å²) < 4.78 is 5.24. The van der Waals surface area contributed by atoms with Crippen molar-refractivity contribution < 1.29 is 24.2 Å². The number of rotatable bonds is 6. The first-order valence-electron chi connectivity index (χ1n) is 7.00. The molecule has 7 nitrogen and oxygen atoms in total. The average Bonchev–Trinajstić information content (AvgIpc) is 3.06. The van der Waals surface area contributed by atoms with Gasteiger partial charge in [0.25, 0.3) is 0 Å². The summed E-state index contributed by atoms with van der Waals surface area (Å²) >= 11 is 1.48. The molecule has 2 amide bonds. The summed E-state index contributed by atoms with van der Waals surface area (Å²) in [6.45, 7) is 2.81. The number of hydrogen-bond acceptors (Lipinski definition) is 5. The number of carboxylic acid groups (broad SMARTS) is 1. The predicted molar refractivity (Wildman–Crippen MR) is 76.8 cm³/mol. The van der Waals surface area contributed by atoms with Crippen molar-refractivity contribution in [2.24, 2.45) is 5.92 Å². The van der Waals surface area contributed by atoms with E-state index in [1.54, 1.807) is 4.90 Å². The van der Waals surface area contributed by atoms with Gasteiger partial charge in [-0.2, -0.15) is 0 Å². The van der Waals surface area contributed by atoms with Crippen LogP contribution in [0.25, 0.3) is 0 Å². The molecule has 2 unspecified atom stereocenters. The Labute approximate surface area is 127 Å². The largest absolute Gasteiger partial charge is 0.481 e. The maximum Gasteiger partial charge on any atom is 0.311 e. The van der Waals surface area contributed by atoms with E-state index in [1.807, 2.05) is 6.92 Å². The smallest absolute Gasteiger partial charge is 0.311 e. The zero-order chi connectivity index (χ0) is 15.4. The lowest BCUT2D eigenvalue weighted by Crippen LogP contribution is -2.50. The van der Waals surface area contributed by atoms with Gasteiger partial charge >= 0.3 is 5.97 Å². The molecule has 0 radical (unpaired) electrons. The number of aliphatic carboxylic acids is 1. The molecular formula is C13H20N2O5S. The first-order valence-corrected chi connectivity index (χ1v) is 8.15. The zero-order valence-corrected chi connectivity index (χ0v) is 12.8. The topological polar surface area (TPSA) is 87.2 Å². The van der Waals surface area contributed by atoms with E-state index >= 15 is 0 Å². The van der Waals surface area contributed by atoms with Crippen molar-refractivity contribution in [3.63, 3.8) is 0 Å². The number of carbonyl (C=O) groups excluding carboxylic acids is 2. The van der Waals surface area contributed by atoms with Crippen molar-refractivity contribution in [2.75, 3.05) is 37.9 Å². The van der Waals surface area contributed by atoms with Gasteiger partial charge in [0.1, 0.15) is 12.5 Å². The molecule has 0 saturated carbocycles. The van der Waals surface area contributed by atoms with Crippen LogP contribution in [0.3, 0.4) is 0 Å². The molecule has 0 bridgehead atoms. The molecule has 2 fully saturated rings. The van der Waals surface area contributed by atoms with Gasteiger partial charge in [0, 0.05) is 6.54 Å². The average molecular weight is 316 g/mol. The Morgan fingerprint density at radius 2 is 2.24 bits per heavy atom. The van der Waals surface area contributed by atoms with Gasteiger partial charge in [-0.15, -0.1) is 11.8 Å². The Balaban J connectivity index is 2.05. The van der Waals surface area contributed by atoms with Gasteiger partial charge in [-0.05, 0) is 6.42 Å². The monoisotopic (exact) mass is 316 g/mol. The normalized spacial score (nSPS) is 25.4. The lowest BCUT2D eigenvalue weighted by Gasteiger charge is -2.31. The van der Waals surface area contributed by atoms with Crippen LogP contribution in [0.5, 0.6) is 0 Å². The first kappa shape index (κ1) is 16.1. The van der Waals surface area contributed by atoms with E-state index in [0.29, 0.717) is 18.2 Å². The number of carboxylic acids is 1. The minimum atomic E-state index is -0.945. The van der Waals surface area contributed by atoms with E-state index in [-0.39, 0.29) is 31.6 Å². The molecule has 8 heteroatoms. The lowest BCUT2D eigenvalue weighted by atomic mass is 10.0. The van der Waals surface area contributed by atoms with Crippen molar-refractivity contribution in [1.82, 2.24) is 9.80 Å². The van der Waals surface area contributed by atoms with Crippen LogP contribution in [0.4, 0.5) is 0 Å². The molecule has 2 aliphatic rings. The van der Waals surface area contributed by atoms with Crippen LogP contribution in [-0.4, -0.2) is 76.7 Å². The minimum absolute atomic E-state index is 0.0225. The van der Waals surface area contributed by atoms with Crippen LogP contribution in [0.2, 0.25) is 0 Å². The van der Waals surface area contributed by atoms with Gasteiger partial charge in [0.05, 0.1) is 30.9 Å². The summed E-state index contributed by atoms with van der Waals surface area (Å²) in [6, 6.07) is -0.444. The van der Waals surface area contributed by atoms with Crippen LogP contribution in [0.15, 0.2) is 0 Å². The van der Waals surface area contributed by atoms with Crippen molar-refractivity contribution in [3.8, 4) is 0 Å². The Hall–Kier alpha value is -1.28. The third-order valence-electron chi connectivity index (χ3n) is 3.70. The third kappa shape index (κ3) is 3.68. The standard InChI is InChI=1S/C13H20N2O5S/c1-2-3-15(10-6-20-5-9(10)13(18)19)11(16)4-14-8-21-7-12(14)17/h9-10H,2-8H2,1H3,(H,18,19). The molecule has 0 aromatic heterocycles. The van der Waals surface area contributed by atoms with Crippen LogP contribution >= 0.6 is 11.8 Å². The van der Waals surface area contributed by atoms with Crippen LogP contribution in [0, 0.1) is 5.92 Å². The summed E-state index contributed by atoms with van der Waals surface area (Å²) in [6.07, 6.45) is 0.733. The van der Waals surface area contributed by atoms with Crippen molar-refractivity contribution >= 4 is 29.5 Å². The lowest BCUT2D eigenvalue weighted by molar-refractivity contribution is -0.146. The fourth-order valence-electron chi connectivity index (χ4n) is 2.60. The molecule has 1 N–H and O–H groups in total. The van der Waals surface area contributed by atoms with Gasteiger partial charge in [-0.25, -0.2) is 0 Å². The Kier molecular flexibility index (Phi) is 5.46. The van der Waals surface area contributed by atoms with Crippen LogP contribution in [-0.2, 0) is 19.1 Å². The maximum atomic E-state index is 12.5. The van der Waals surface area contributed by atoms with Crippen molar-refractivity contribution in [3.05, 3.63) is 0 Å². The van der Waals surface area contributed by atoms with E-state index in [1.165, 1.54) is 16.7 Å². The van der Waals surface area contributed by atoms with E-state index in [0.717, 1.165) is 6.42 Å². The van der Waals surface area contributed by atoms with Crippen LogP contribution in [0.1, 0.15) is 13.3 Å². The van der Waals surface area contributed by atoms with Gasteiger partial charge in [0.15, 0.2) is 0 Å². The minimum Gasteiger partial charge on any atom is -0.481 e. The van der Waals surface area contributed by atoms with E-state index in [9.17, 15) is 19.5 Å². The molecule has 2 rings (SSSR count). The quantitative estimate of drug-likeness (QED) is 0.734. The molecule has 21 heavy (non-hydrogen) atoms. The second-order valence-electron chi connectivity index (χ2n) is 5.21. The summed E-state index contributed by atoms with van der Waals surface area (Å²) in [5, 5.41) is 9.22. The number of thioether (sulfide) groups is 1. The van der Waals surface area contributed by atoms with E-state index in [4.69, 9.17) is 4.74 Å². The fraction of sp³-hybridized carbons (Fsp3) is 0.769. The van der Waals surface area contributed by atoms with Gasteiger partial charge in [0.2, 0.25) is 11.8 Å².